The summed E-state index contributed by atoms with van der Waals surface area (Å²) < 4.78 is 30.9. The van der Waals surface area contributed by atoms with Crippen molar-refractivity contribution in [3.05, 3.63) is 83.1 Å². The number of hydrogen-bond donors (Lipinski definition) is 0. The fourth-order valence-electron chi connectivity index (χ4n) is 5.18. The molecule has 0 bridgehead atoms. The van der Waals surface area contributed by atoms with Crippen molar-refractivity contribution in [3.63, 3.8) is 0 Å². The number of amides is 1. The van der Waals surface area contributed by atoms with Crippen LogP contribution >= 0.6 is 0 Å². The van der Waals surface area contributed by atoms with Crippen LogP contribution in [0.2, 0.25) is 0 Å². The standard InChI is InChI=1S/C29H35FN2O4/c1-20-25(13-16-36-20)29(33)31(2)27(17-22-7-5-6-8-26(22)30)21-11-14-32(15-12-21)19-23-9-10-24(34-3)18-28(23)35-4/h5-10,13,16,18,21,27H,11-12,14-15,17,19H2,1-4H3/t27-/m1/s1. The summed E-state index contributed by atoms with van der Waals surface area (Å²) in [5.74, 6) is 2.11. The first-order valence-corrected chi connectivity index (χ1v) is 12.4. The van der Waals surface area contributed by atoms with Gasteiger partial charge in [0.25, 0.3) is 5.91 Å². The molecule has 2 aromatic carbocycles. The predicted octanol–water partition coefficient (Wildman–Crippen LogP) is 5.34. The molecule has 1 aliphatic rings. The number of rotatable bonds is 9. The number of nitrogens with zero attached hydrogens (tertiary/aromatic N) is 2. The molecule has 6 nitrogen and oxygen atoms in total. The number of halogens is 1. The molecule has 0 radical (unpaired) electrons. The van der Waals surface area contributed by atoms with Crippen molar-refractivity contribution in [3.8, 4) is 11.5 Å². The normalized spacial score (nSPS) is 15.5. The Morgan fingerprint density at radius 3 is 2.50 bits per heavy atom. The Morgan fingerprint density at radius 1 is 1.11 bits per heavy atom. The molecule has 0 N–H and O–H groups in total. The summed E-state index contributed by atoms with van der Waals surface area (Å²) >= 11 is 0. The van der Waals surface area contributed by atoms with Gasteiger partial charge in [0, 0.05) is 31.3 Å². The van der Waals surface area contributed by atoms with Gasteiger partial charge in [-0.1, -0.05) is 24.3 Å². The lowest BCUT2D eigenvalue weighted by Gasteiger charge is -2.40. The first-order valence-electron chi connectivity index (χ1n) is 12.4. The summed E-state index contributed by atoms with van der Waals surface area (Å²) in [5, 5.41) is 0. The van der Waals surface area contributed by atoms with E-state index >= 15 is 0 Å². The second-order valence-electron chi connectivity index (χ2n) is 9.46. The van der Waals surface area contributed by atoms with Gasteiger partial charge in [-0.05, 0) is 69.0 Å². The SMILES string of the molecule is COc1ccc(CN2CCC([C@@H](Cc3ccccc3F)N(C)C(=O)c3ccoc3C)CC2)c(OC)c1. The van der Waals surface area contributed by atoms with Gasteiger partial charge in [-0.15, -0.1) is 0 Å². The summed E-state index contributed by atoms with van der Waals surface area (Å²) in [7, 11) is 5.15. The number of likely N-dealkylation sites (N-methyl/N-ethyl adjacent to an activating group) is 1. The Kier molecular flexibility index (Phi) is 8.31. The zero-order valence-electron chi connectivity index (χ0n) is 21.5. The summed E-state index contributed by atoms with van der Waals surface area (Å²) in [6.07, 6.45) is 3.84. The summed E-state index contributed by atoms with van der Waals surface area (Å²) in [5.41, 5.74) is 2.30. The number of piperidine rings is 1. The highest BCUT2D eigenvalue weighted by Crippen LogP contribution is 2.31. The molecule has 1 amide bonds. The van der Waals surface area contributed by atoms with Gasteiger partial charge in [0.15, 0.2) is 0 Å². The molecule has 1 aromatic heterocycles. The van der Waals surface area contributed by atoms with Gasteiger partial charge in [-0.2, -0.15) is 0 Å². The number of ether oxygens (including phenoxy) is 2. The van der Waals surface area contributed by atoms with E-state index < -0.39 is 0 Å². The third kappa shape index (κ3) is 5.73. The van der Waals surface area contributed by atoms with Crippen LogP contribution in [-0.2, 0) is 13.0 Å². The zero-order valence-corrected chi connectivity index (χ0v) is 21.5. The van der Waals surface area contributed by atoms with E-state index in [4.69, 9.17) is 13.9 Å². The molecule has 1 saturated heterocycles. The van der Waals surface area contributed by atoms with Crippen LogP contribution in [0, 0.1) is 18.7 Å². The molecule has 3 aromatic rings. The third-order valence-electron chi connectivity index (χ3n) is 7.36. The van der Waals surface area contributed by atoms with Gasteiger partial charge in [0.1, 0.15) is 23.1 Å². The number of hydrogen-bond acceptors (Lipinski definition) is 5. The van der Waals surface area contributed by atoms with Crippen LogP contribution in [0.15, 0.2) is 59.2 Å². The predicted molar refractivity (Wildman–Crippen MR) is 137 cm³/mol. The Labute approximate surface area is 212 Å². The Balaban J connectivity index is 1.49. The highest BCUT2D eigenvalue weighted by molar-refractivity contribution is 5.95. The first-order chi connectivity index (χ1) is 17.4. The monoisotopic (exact) mass is 494 g/mol. The van der Waals surface area contributed by atoms with E-state index in [9.17, 15) is 9.18 Å². The maximum absolute atomic E-state index is 14.6. The van der Waals surface area contributed by atoms with Crippen LogP contribution in [0.5, 0.6) is 11.5 Å². The van der Waals surface area contributed by atoms with Crippen LogP contribution in [0.4, 0.5) is 4.39 Å². The molecular weight excluding hydrogens is 459 g/mol. The number of furan rings is 1. The molecular formula is C29H35FN2O4. The number of aryl methyl sites for hydroxylation is 1. The lowest BCUT2D eigenvalue weighted by molar-refractivity contribution is 0.0581. The van der Waals surface area contributed by atoms with E-state index in [1.165, 1.54) is 12.3 Å². The molecule has 7 heteroatoms. The van der Waals surface area contributed by atoms with Gasteiger partial charge in [-0.3, -0.25) is 9.69 Å². The maximum atomic E-state index is 14.6. The van der Waals surface area contributed by atoms with Gasteiger partial charge in [-0.25, -0.2) is 4.39 Å². The van der Waals surface area contributed by atoms with Crippen molar-refractivity contribution < 1.29 is 23.1 Å². The largest absolute Gasteiger partial charge is 0.497 e. The molecule has 1 aliphatic heterocycles. The zero-order chi connectivity index (χ0) is 25.7. The van der Waals surface area contributed by atoms with Crippen molar-refractivity contribution in [1.82, 2.24) is 9.80 Å². The Hall–Kier alpha value is -3.32. The van der Waals surface area contributed by atoms with Gasteiger partial charge in [0.2, 0.25) is 0 Å². The van der Waals surface area contributed by atoms with Gasteiger partial charge >= 0.3 is 0 Å². The minimum absolute atomic E-state index is 0.0898. The number of benzene rings is 2. The Morgan fingerprint density at radius 2 is 1.86 bits per heavy atom. The minimum atomic E-state index is -0.230. The number of methoxy groups -OCH3 is 2. The maximum Gasteiger partial charge on any atom is 0.257 e. The molecule has 2 heterocycles. The van der Waals surface area contributed by atoms with Gasteiger partial charge < -0.3 is 18.8 Å². The van der Waals surface area contributed by atoms with Crippen molar-refractivity contribution in [2.24, 2.45) is 5.92 Å². The molecule has 1 atom stereocenters. The van der Waals surface area contributed by atoms with Crippen LogP contribution in [0.3, 0.4) is 0 Å². The van der Waals surface area contributed by atoms with Gasteiger partial charge in [0.05, 0.1) is 26.0 Å². The highest BCUT2D eigenvalue weighted by atomic mass is 19.1. The van der Waals surface area contributed by atoms with Crippen LogP contribution in [0.1, 0.15) is 40.1 Å². The van der Waals surface area contributed by atoms with Crippen molar-refractivity contribution >= 4 is 5.91 Å². The molecule has 1 fully saturated rings. The first kappa shape index (κ1) is 25.8. The molecule has 192 valence electrons. The minimum Gasteiger partial charge on any atom is -0.497 e. The van der Waals surface area contributed by atoms with Crippen molar-refractivity contribution in [2.75, 3.05) is 34.4 Å². The summed E-state index contributed by atoms with van der Waals surface area (Å²) in [4.78, 5) is 17.5. The lowest BCUT2D eigenvalue weighted by atomic mass is 9.84. The van der Waals surface area contributed by atoms with E-state index in [2.05, 4.69) is 4.90 Å². The van der Waals surface area contributed by atoms with Crippen LogP contribution < -0.4 is 9.47 Å². The van der Waals surface area contributed by atoms with E-state index in [0.717, 1.165) is 49.5 Å². The van der Waals surface area contributed by atoms with E-state index in [-0.39, 0.29) is 23.7 Å². The fourth-order valence-corrected chi connectivity index (χ4v) is 5.18. The van der Waals surface area contributed by atoms with Crippen molar-refractivity contribution in [1.29, 1.82) is 0 Å². The molecule has 36 heavy (non-hydrogen) atoms. The molecule has 0 aliphatic carbocycles. The molecule has 4 rings (SSSR count). The topological polar surface area (TPSA) is 55.2 Å². The van der Waals surface area contributed by atoms with Crippen LogP contribution in [0.25, 0.3) is 0 Å². The second kappa shape index (κ2) is 11.6. The third-order valence-corrected chi connectivity index (χ3v) is 7.36. The summed E-state index contributed by atoms with van der Waals surface area (Å²) in [6, 6.07) is 14.3. The summed E-state index contributed by atoms with van der Waals surface area (Å²) in [6.45, 7) is 4.35. The fraction of sp³-hybridized carbons (Fsp3) is 0.414. The number of likely N-dealkylation sites (tertiary alicyclic amines) is 1. The van der Waals surface area contributed by atoms with E-state index in [1.54, 1.807) is 38.2 Å². The molecule has 0 unspecified atom stereocenters. The van der Waals surface area contributed by atoms with Crippen molar-refractivity contribution in [2.45, 2.75) is 38.8 Å². The number of carbonyl (C=O) groups is 1. The molecule has 0 spiro atoms. The average Bonchev–Trinajstić information content (AvgIpc) is 3.34. The van der Waals surface area contributed by atoms with E-state index in [1.807, 2.05) is 37.4 Å². The quantitative estimate of drug-likeness (QED) is 0.402. The second-order valence-corrected chi connectivity index (χ2v) is 9.46. The lowest BCUT2D eigenvalue weighted by Crippen LogP contribution is -2.47. The smallest absolute Gasteiger partial charge is 0.257 e. The van der Waals surface area contributed by atoms with E-state index in [0.29, 0.717) is 23.3 Å². The average molecular weight is 495 g/mol. The highest BCUT2D eigenvalue weighted by Gasteiger charge is 2.33. The van der Waals surface area contributed by atoms with Crippen LogP contribution in [-0.4, -0.2) is 56.1 Å². The molecule has 0 saturated carbocycles. The Bertz CT molecular complexity index is 1170. The number of carbonyl (C=O) groups excluding carboxylic acids is 1.